The second kappa shape index (κ2) is 7.56. The van der Waals surface area contributed by atoms with Crippen LogP contribution in [0.1, 0.15) is 22.6 Å². The van der Waals surface area contributed by atoms with Crippen molar-refractivity contribution in [2.75, 3.05) is 31.1 Å². The van der Waals surface area contributed by atoms with Gasteiger partial charge in [0.1, 0.15) is 17.9 Å². The summed E-state index contributed by atoms with van der Waals surface area (Å²) in [6.07, 6.45) is -1.73. The molecule has 9 nitrogen and oxygen atoms in total. The van der Waals surface area contributed by atoms with Crippen LogP contribution in [0.3, 0.4) is 0 Å². The molecular weight excluding hydrogens is 451 g/mol. The first-order valence-electron chi connectivity index (χ1n) is 10.0. The van der Waals surface area contributed by atoms with E-state index in [9.17, 15) is 26.7 Å². The van der Waals surface area contributed by atoms with E-state index >= 15 is 0 Å². The van der Waals surface area contributed by atoms with Crippen molar-refractivity contribution in [2.24, 2.45) is 5.41 Å². The Balaban J connectivity index is 1.24. The van der Waals surface area contributed by atoms with Gasteiger partial charge in [0.2, 0.25) is 5.82 Å². The maximum absolute atomic E-state index is 12.8. The van der Waals surface area contributed by atoms with Crippen LogP contribution >= 0.6 is 0 Å². The Bertz CT molecular complexity index is 1190. The lowest BCUT2D eigenvalue weighted by Crippen LogP contribution is -2.59. The quantitative estimate of drug-likeness (QED) is 0.543. The van der Waals surface area contributed by atoms with Gasteiger partial charge in [-0.15, -0.1) is 0 Å². The molecular formula is C19H17F5N8O. The Kier molecular flexibility index (Phi) is 4.90. The van der Waals surface area contributed by atoms with E-state index in [1.54, 1.807) is 11.1 Å². The first kappa shape index (κ1) is 21.4. The van der Waals surface area contributed by atoms with Crippen LogP contribution < -0.4 is 4.90 Å². The zero-order chi connectivity index (χ0) is 23.4. The maximum atomic E-state index is 12.8. The summed E-state index contributed by atoms with van der Waals surface area (Å²) in [4.78, 5) is 31.3. The number of amides is 1. The molecule has 2 fully saturated rings. The van der Waals surface area contributed by atoms with E-state index < -0.39 is 30.9 Å². The summed E-state index contributed by atoms with van der Waals surface area (Å²) in [6.45, 7) is 1.53. The molecule has 2 aliphatic heterocycles. The van der Waals surface area contributed by atoms with E-state index in [4.69, 9.17) is 0 Å². The van der Waals surface area contributed by atoms with E-state index in [2.05, 4.69) is 25.0 Å². The highest BCUT2D eigenvalue weighted by molar-refractivity contribution is 5.94. The molecule has 0 atom stereocenters. The molecule has 1 spiro atoms. The molecule has 0 aromatic carbocycles. The van der Waals surface area contributed by atoms with Crippen molar-refractivity contribution in [1.82, 2.24) is 34.6 Å². The van der Waals surface area contributed by atoms with E-state index in [0.717, 1.165) is 23.5 Å². The number of carbonyl (C=O) groups excluding carboxylic acids is 1. The van der Waals surface area contributed by atoms with Crippen LogP contribution in [0.2, 0.25) is 0 Å². The van der Waals surface area contributed by atoms with Crippen molar-refractivity contribution < 1.29 is 26.7 Å². The highest BCUT2D eigenvalue weighted by Crippen LogP contribution is 2.41. The number of fused-ring (bicyclic) bond motifs is 1. The van der Waals surface area contributed by atoms with E-state index in [1.165, 1.54) is 6.20 Å². The molecule has 0 bridgehead atoms. The Morgan fingerprint density at radius 1 is 1.06 bits per heavy atom. The van der Waals surface area contributed by atoms with Gasteiger partial charge < -0.3 is 9.80 Å². The lowest BCUT2D eigenvalue weighted by Gasteiger charge is -2.48. The average molecular weight is 468 g/mol. The summed E-state index contributed by atoms with van der Waals surface area (Å²) in [5, 5.41) is 3.91. The van der Waals surface area contributed by atoms with Gasteiger partial charge in [0.05, 0.1) is 18.0 Å². The SMILES string of the molecule is O=C(c1cnc(C(F)(F)F)nc1)N1CC2(CCN(c3cnc4cnn(CC(F)F)c4n3)C2)C1. The third kappa shape index (κ3) is 3.93. The van der Waals surface area contributed by atoms with Crippen LogP contribution in [-0.2, 0) is 12.7 Å². The van der Waals surface area contributed by atoms with Gasteiger partial charge in [-0.1, -0.05) is 0 Å². The molecule has 0 unspecified atom stereocenters. The summed E-state index contributed by atoms with van der Waals surface area (Å²) in [5.74, 6) is -1.18. The topological polar surface area (TPSA) is 92.9 Å². The molecule has 2 saturated heterocycles. The fraction of sp³-hybridized carbons (Fsp3) is 0.474. The number of anilines is 1. The standard InChI is InChI=1S/C19H17F5N8O/c20-13(21)7-32-15-12(5-28-32)25-6-14(29-15)30-2-1-18(8-30)9-31(10-18)16(33)11-3-26-17(27-4-11)19(22,23)24/h3-6,13H,1-2,7-10H2. The molecule has 5 heterocycles. The fourth-order valence-corrected chi connectivity index (χ4v) is 4.32. The predicted molar refractivity (Wildman–Crippen MR) is 104 cm³/mol. The molecule has 1 amide bonds. The van der Waals surface area contributed by atoms with Gasteiger partial charge in [0, 0.05) is 44.0 Å². The largest absolute Gasteiger partial charge is 0.451 e. The van der Waals surface area contributed by atoms with Crippen LogP contribution in [0.5, 0.6) is 0 Å². The third-order valence-corrected chi connectivity index (χ3v) is 5.90. The second-order valence-corrected chi connectivity index (χ2v) is 8.28. The number of hydrogen-bond donors (Lipinski definition) is 0. The number of alkyl halides is 5. The summed E-state index contributed by atoms with van der Waals surface area (Å²) in [5.41, 5.74) is 0.521. The smallest absolute Gasteiger partial charge is 0.355 e. The summed E-state index contributed by atoms with van der Waals surface area (Å²) < 4.78 is 64.5. The molecule has 3 aromatic rings. The minimum atomic E-state index is -4.67. The zero-order valence-corrected chi connectivity index (χ0v) is 17.0. The number of halogens is 5. The molecule has 3 aromatic heterocycles. The summed E-state index contributed by atoms with van der Waals surface area (Å²) in [7, 11) is 0. The number of nitrogens with zero attached hydrogens (tertiary/aromatic N) is 8. The first-order valence-corrected chi connectivity index (χ1v) is 10.0. The fourth-order valence-electron chi connectivity index (χ4n) is 4.32. The van der Waals surface area contributed by atoms with Crippen molar-refractivity contribution in [1.29, 1.82) is 0 Å². The Labute approximate surface area is 183 Å². The molecule has 2 aliphatic rings. The summed E-state index contributed by atoms with van der Waals surface area (Å²) in [6, 6.07) is 0. The molecule has 14 heteroatoms. The average Bonchev–Trinajstić information content (AvgIpc) is 3.36. The molecule has 0 aliphatic carbocycles. The normalized spacial score (nSPS) is 17.9. The van der Waals surface area contributed by atoms with Crippen LogP contribution in [0, 0.1) is 5.41 Å². The Morgan fingerprint density at radius 3 is 2.45 bits per heavy atom. The van der Waals surface area contributed by atoms with Gasteiger partial charge in [0.25, 0.3) is 12.3 Å². The van der Waals surface area contributed by atoms with Gasteiger partial charge >= 0.3 is 6.18 Å². The van der Waals surface area contributed by atoms with Gasteiger partial charge in [-0.25, -0.2) is 33.4 Å². The maximum Gasteiger partial charge on any atom is 0.451 e. The molecule has 0 N–H and O–H groups in total. The van der Waals surface area contributed by atoms with Crippen LogP contribution in [0.25, 0.3) is 11.2 Å². The lowest BCUT2D eigenvalue weighted by molar-refractivity contribution is -0.145. The highest BCUT2D eigenvalue weighted by atomic mass is 19.4. The highest BCUT2D eigenvalue weighted by Gasteiger charge is 2.50. The second-order valence-electron chi connectivity index (χ2n) is 8.28. The molecule has 174 valence electrons. The van der Waals surface area contributed by atoms with Crippen LogP contribution in [-0.4, -0.2) is 73.1 Å². The zero-order valence-electron chi connectivity index (χ0n) is 17.0. The van der Waals surface area contributed by atoms with E-state index in [0.29, 0.717) is 37.5 Å². The predicted octanol–water partition coefficient (Wildman–Crippen LogP) is 2.25. The monoisotopic (exact) mass is 468 g/mol. The number of likely N-dealkylation sites (tertiary alicyclic amines) is 1. The van der Waals surface area contributed by atoms with Gasteiger partial charge in [-0.3, -0.25) is 4.79 Å². The molecule has 33 heavy (non-hydrogen) atoms. The minimum absolute atomic E-state index is 0.00341. The minimum Gasteiger partial charge on any atom is -0.355 e. The Morgan fingerprint density at radius 2 is 1.79 bits per heavy atom. The van der Waals surface area contributed by atoms with Crippen molar-refractivity contribution in [3.63, 3.8) is 0 Å². The summed E-state index contributed by atoms with van der Waals surface area (Å²) >= 11 is 0. The number of hydrogen-bond acceptors (Lipinski definition) is 7. The van der Waals surface area contributed by atoms with Crippen LogP contribution in [0.15, 0.2) is 24.8 Å². The molecule has 0 saturated carbocycles. The Hall–Kier alpha value is -3.45. The lowest BCUT2D eigenvalue weighted by atomic mass is 9.79. The number of aromatic nitrogens is 6. The van der Waals surface area contributed by atoms with Crippen molar-refractivity contribution >= 4 is 22.9 Å². The van der Waals surface area contributed by atoms with Gasteiger partial charge in [0.15, 0.2) is 5.65 Å². The molecule has 5 rings (SSSR count). The molecule has 0 radical (unpaired) electrons. The van der Waals surface area contributed by atoms with Crippen molar-refractivity contribution in [3.8, 4) is 0 Å². The van der Waals surface area contributed by atoms with Gasteiger partial charge in [-0.2, -0.15) is 18.3 Å². The van der Waals surface area contributed by atoms with Crippen LogP contribution in [0.4, 0.5) is 27.8 Å². The first-order chi connectivity index (χ1) is 15.6. The van der Waals surface area contributed by atoms with Crippen molar-refractivity contribution in [2.45, 2.75) is 25.6 Å². The third-order valence-electron chi connectivity index (χ3n) is 5.90. The van der Waals surface area contributed by atoms with E-state index in [1.807, 2.05) is 4.90 Å². The number of rotatable bonds is 4. The van der Waals surface area contributed by atoms with E-state index in [-0.39, 0.29) is 16.6 Å². The number of carbonyl (C=O) groups is 1. The van der Waals surface area contributed by atoms with Gasteiger partial charge in [-0.05, 0) is 6.42 Å². The van der Waals surface area contributed by atoms with Crippen molar-refractivity contribution in [3.05, 3.63) is 36.2 Å².